The van der Waals surface area contributed by atoms with Crippen LogP contribution in [-0.2, 0) is 0 Å². The van der Waals surface area contributed by atoms with Gasteiger partial charge in [-0.2, -0.15) is 5.10 Å². The molecule has 7 heteroatoms. The summed E-state index contributed by atoms with van der Waals surface area (Å²) in [6.45, 7) is 2.11. The molecular weight excluding hydrogens is 328 g/mol. The molecule has 0 bridgehead atoms. The molecule has 0 saturated carbocycles. The molecule has 1 aromatic carbocycles. The van der Waals surface area contributed by atoms with Crippen molar-refractivity contribution in [3.63, 3.8) is 0 Å². The van der Waals surface area contributed by atoms with Crippen LogP contribution < -0.4 is 0 Å². The van der Waals surface area contributed by atoms with Gasteiger partial charge in [-0.25, -0.2) is 15.0 Å². The maximum atomic E-state index is 10.3. The van der Waals surface area contributed by atoms with Crippen molar-refractivity contribution in [3.8, 4) is 17.1 Å². The van der Waals surface area contributed by atoms with Crippen LogP contribution in [0.5, 0.6) is 0 Å². The number of hydrogen-bond acceptors (Lipinski definition) is 5. The van der Waals surface area contributed by atoms with Crippen molar-refractivity contribution in [2.75, 3.05) is 0 Å². The highest BCUT2D eigenvalue weighted by Crippen LogP contribution is 2.24. The van der Waals surface area contributed by atoms with E-state index in [1.165, 1.54) is 6.33 Å². The quantitative estimate of drug-likeness (QED) is 0.557. The van der Waals surface area contributed by atoms with E-state index in [0.717, 1.165) is 41.1 Å². The zero-order valence-electron chi connectivity index (χ0n) is 14.5. The molecule has 0 aliphatic carbocycles. The lowest BCUT2D eigenvalue weighted by molar-refractivity contribution is 0.159. The third-order valence-electron chi connectivity index (χ3n) is 4.39. The van der Waals surface area contributed by atoms with Crippen LogP contribution in [0.25, 0.3) is 28.2 Å². The number of benzene rings is 1. The van der Waals surface area contributed by atoms with Crippen LogP contribution in [0.1, 0.15) is 38.0 Å². The molecule has 0 aliphatic heterocycles. The zero-order valence-corrected chi connectivity index (χ0v) is 14.5. The van der Waals surface area contributed by atoms with Gasteiger partial charge in [0, 0.05) is 17.4 Å². The molecule has 4 rings (SSSR count). The van der Waals surface area contributed by atoms with E-state index in [0.29, 0.717) is 12.1 Å². The molecule has 3 heterocycles. The number of hydrogen-bond donors (Lipinski definition) is 2. The monoisotopic (exact) mass is 348 g/mol. The van der Waals surface area contributed by atoms with E-state index in [9.17, 15) is 5.11 Å². The van der Waals surface area contributed by atoms with Gasteiger partial charge in [-0.3, -0.25) is 9.67 Å². The van der Waals surface area contributed by atoms with E-state index in [2.05, 4.69) is 32.1 Å². The predicted molar refractivity (Wildman–Crippen MR) is 98.7 cm³/mol. The summed E-state index contributed by atoms with van der Waals surface area (Å²) in [5.41, 5.74) is 4.05. The summed E-state index contributed by atoms with van der Waals surface area (Å²) in [5.74, 6) is 0.718. The molecule has 0 spiro atoms. The lowest BCUT2D eigenvalue weighted by Gasteiger charge is -2.10. The molecule has 1 atom stereocenters. The van der Waals surface area contributed by atoms with Crippen LogP contribution in [-0.4, -0.2) is 34.8 Å². The first kappa shape index (κ1) is 16.4. The fraction of sp³-hybridized carbons (Fsp3) is 0.263. The van der Waals surface area contributed by atoms with Gasteiger partial charge in [-0.1, -0.05) is 31.9 Å². The second-order valence-electron chi connectivity index (χ2n) is 6.23. The minimum absolute atomic E-state index is 0.565. The summed E-state index contributed by atoms with van der Waals surface area (Å²) in [6, 6.07) is 9.88. The van der Waals surface area contributed by atoms with E-state index in [1.54, 1.807) is 6.20 Å². The van der Waals surface area contributed by atoms with Crippen molar-refractivity contribution in [1.29, 1.82) is 0 Å². The first-order valence-electron chi connectivity index (χ1n) is 8.74. The van der Waals surface area contributed by atoms with Crippen LogP contribution in [0.4, 0.5) is 0 Å². The van der Waals surface area contributed by atoms with Gasteiger partial charge in [0.25, 0.3) is 0 Å². The normalized spacial score (nSPS) is 12.5. The molecule has 132 valence electrons. The average molecular weight is 348 g/mol. The van der Waals surface area contributed by atoms with E-state index in [-0.39, 0.29) is 0 Å². The van der Waals surface area contributed by atoms with Crippen LogP contribution in [0.3, 0.4) is 0 Å². The summed E-state index contributed by atoms with van der Waals surface area (Å²) in [7, 11) is 0. The average Bonchev–Trinajstić information content (AvgIpc) is 3.35. The summed E-state index contributed by atoms with van der Waals surface area (Å²) < 4.78 is 1.98. The smallest absolute Gasteiger partial charge is 0.163 e. The van der Waals surface area contributed by atoms with Crippen molar-refractivity contribution in [2.45, 2.75) is 32.3 Å². The SMILES string of the molecule is CCCC[C@@H](O)c1cnc2c(ccn2-c2cccc(-c3ncn[nH]3)c2)n1. The Morgan fingerprint density at radius 3 is 2.96 bits per heavy atom. The zero-order chi connectivity index (χ0) is 17.9. The second-order valence-corrected chi connectivity index (χ2v) is 6.23. The third kappa shape index (κ3) is 3.09. The van der Waals surface area contributed by atoms with Crippen molar-refractivity contribution < 1.29 is 5.11 Å². The second kappa shape index (κ2) is 7.05. The number of nitrogens with zero attached hydrogens (tertiary/aromatic N) is 5. The number of aromatic nitrogens is 6. The Labute approximate surface area is 150 Å². The Morgan fingerprint density at radius 2 is 2.15 bits per heavy atom. The van der Waals surface area contributed by atoms with Crippen molar-refractivity contribution in [2.24, 2.45) is 0 Å². The number of H-pyrrole nitrogens is 1. The highest BCUT2D eigenvalue weighted by Gasteiger charge is 2.13. The number of fused-ring (bicyclic) bond motifs is 1. The van der Waals surface area contributed by atoms with Crippen LogP contribution in [0.2, 0.25) is 0 Å². The molecule has 3 aromatic heterocycles. The predicted octanol–water partition coefficient (Wildman–Crippen LogP) is 3.43. The van der Waals surface area contributed by atoms with Gasteiger partial charge in [-0.15, -0.1) is 0 Å². The first-order valence-corrected chi connectivity index (χ1v) is 8.74. The van der Waals surface area contributed by atoms with Gasteiger partial charge in [0.1, 0.15) is 11.8 Å². The maximum Gasteiger partial charge on any atom is 0.163 e. The van der Waals surface area contributed by atoms with Gasteiger partial charge < -0.3 is 5.11 Å². The minimum Gasteiger partial charge on any atom is -0.387 e. The third-order valence-corrected chi connectivity index (χ3v) is 4.39. The molecule has 4 aromatic rings. The van der Waals surface area contributed by atoms with E-state index >= 15 is 0 Å². The van der Waals surface area contributed by atoms with E-state index < -0.39 is 6.10 Å². The van der Waals surface area contributed by atoms with Gasteiger partial charge >= 0.3 is 0 Å². The Morgan fingerprint density at radius 1 is 1.23 bits per heavy atom. The first-order chi connectivity index (χ1) is 12.8. The highest BCUT2D eigenvalue weighted by atomic mass is 16.3. The molecule has 0 unspecified atom stereocenters. The fourth-order valence-electron chi connectivity index (χ4n) is 2.99. The van der Waals surface area contributed by atoms with Crippen LogP contribution in [0, 0.1) is 0 Å². The summed E-state index contributed by atoms with van der Waals surface area (Å²) >= 11 is 0. The number of nitrogens with one attached hydrogen (secondary N) is 1. The summed E-state index contributed by atoms with van der Waals surface area (Å²) in [4.78, 5) is 13.3. The Bertz CT molecular complexity index is 1010. The molecule has 2 N–H and O–H groups in total. The number of aliphatic hydroxyl groups is 1. The van der Waals surface area contributed by atoms with Crippen molar-refractivity contribution in [1.82, 2.24) is 29.7 Å². The van der Waals surface area contributed by atoms with Gasteiger partial charge in [0.15, 0.2) is 11.5 Å². The minimum atomic E-state index is -0.565. The van der Waals surface area contributed by atoms with Gasteiger partial charge in [-0.05, 0) is 24.6 Å². The molecule has 0 amide bonds. The fourth-order valence-corrected chi connectivity index (χ4v) is 2.99. The van der Waals surface area contributed by atoms with Gasteiger partial charge in [0.05, 0.1) is 18.0 Å². The maximum absolute atomic E-state index is 10.3. The molecule has 0 saturated heterocycles. The lowest BCUT2D eigenvalue weighted by atomic mass is 10.1. The van der Waals surface area contributed by atoms with E-state index in [4.69, 9.17) is 0 Å². The molecule has 0 radical (unpaired) electrons. The molecule has 7 nitrogen and oxygen atoms in total. The number of aliphatic hydroxyl groups excluding tert-OH is 1. The largest absolute Gasteiger partial charge is 0.387 e. The van der Waals surface area contributed by atoms with Crippen molar-refractivity contribution >= 4 is 11.2 Å². The lowest BCUT2D eigenvalue weighted by Crippen LogP contribution is -2.02. The van der Waals surface area contributed by atoms with Crippen LogP contribution >= 0.6 is 0 Å². The molecular formula is C19H20N6O. The number of unbranched alkanes of at least 4 members (excludes halogenated alkanes) is 1. The Hall–Kier alpha value is -3.06. The van der Waals surface area contributed by atoms with Crippen molar-refractivity contribution in [3.05, 3.63) is 54.7 Å². The number of aromatic amines is 1. The highest BCUT2D eigenvalue weighted by molar-refractivity contribution is 5.74. The topological polar surface area (TPSA) is 92.5 Å². The van der Waals surface area contributed by atoms with E-state index in [1.807, 2.05) is 41.1 Å². The van der Waals surface area contributed by atoms with Gasteiger partial charge in [0.2, 0.25) is 0 Å². The summed E-state index contributed by atoms with van der Waals surface area (Å²) in [5, 5.41) is 17.0. The number of rotatable bonds is 6. The Kier molecular flexibility index (Phi) is 4.45. The standard InChI is InChI=1S/C19H20N6O/c1-2-3-7-17(26)16-11-20-19-15(23-16)8-9-25(19)14-6-4-5-13(10-14)18-21-12-22-24-18/h4-6,8-12,17,26H,2-3,7H2,1H3,(H,21,22,24)/t17-/m1/s1. The van der Waals surface area contributed by atoms with Crippen LogP contribution in [0.15, 0.2) is 49.1 Å². The molecule has 0 aliphatic rings. The molecule has 0 fully saturated rings. The Balaban J connectivity index is 1.69. The summed E-state index contributed by atoms with van der Waals surface area (Å²) in [6.07, 6.45) is 7.25. The molecule has 26 heavy (non-hydrogen) atoms.